The maximum atomic E-state index is 9.58. The SMILES string of the molecule is COCCCOc1cc(Br)ccc1[C@H](C)O. The first-order valence-corrected chi connectivity index (χ1v) is 6.03. The number of rotatable bonds is 6. The summed E-state index contributed by atoms with van der Waals surface area (Å²) in [6.07, 6.45) is 0.313. The Kier molecular flexibility index (Phi) is 5.80. The fourth-order valence-corrected chi connectivity index (χ4v) is 1.70. The molecule has 0 saturated heterocycles. The molecule has 0 aliphatic rings. The molecule has 4 heteroatoms. The van der Waals surface area contributed by atoms with Crippen molar-refractivity contribution < 1.29 is 14.6 Å². The summed E-state index contributed by atoms with van der Waals surface area (Å²) in [6, 6.07) is 5.62. The predicted molar refractivity (Wildman–Crippen MR) is 66.8 cm³/mol. The smallest absolute Gasteiger partial charge is 0.126 e. The molecular weight excluding hydrogens is 272 g/mol. The molecule has 0 radical (unpaired) electrons. The first kappa shape index (κ1) is 13.5. The highest BCUT2D eigenvalue weighted by molar-refractivity contribution is 9.10. The molecule has 16 heavy (non-hydrogen) atoms. The number of ether oxygens (including phenoxy) is 2. The van der Waals surface area contributed by atoms with E-state index in [1.807, 2.05) is 18.2 Å². The van der Waals surface area contributed by atoms with Crippen LogP contribution in [-0.4, -0.2) is 25.4 Å². The van der Waals surface area contributed by atoms with E-state index in [2.05, 4.69) is 15.9 Å². The molecule has 0 heterocycles. The van der Waals surface area contributed by atoms with Crippen LogP contribution in [0.2, 0.25) is 0 Å². The van der Waals surface area contributed by atoms with E-state index in [4.69, 9.17) is 9.47 Å². The minimum absolute atomic E-state index is 0.523. The van der Waals surface area contributed by atoms with Crippen molar-refractivity contribution in [3.63, 3.8) is 0 Å². The van der Waals surface area contributed by atoms with Gasteiger partial charge >= 0.3 is 0 Å². The first-order valence-electron chi connectivity index (χ1n) is 5.24. The zero-order chi connectivity index (χ0) is 12.0. The number of benzene rings is 1. The van der Waals surface area contributed by atoms with Crippen molar-refractivity contribution in [2.45, 2.75) is 19.4 Å². The fraction of sp³-hybridized carbons (Fsp3) is 0.500. The van der Waals surface area contributed by atoms with Crippen LogP contribution in [0.4, 0.5) is 0 Å². The van der Waals surface area contributed by atoms with Crippen molar-refractivity contribution in [3.8, 4) is 5.75 Å². The van der Waals surface area contributed by atoms with Gasteiger partial charge in [-0.05, 0) is 19.1 Å². The number of halogens is 1. The summed E-state index contributed by atoms with van der Waals surface area (Å²) in [7, 11) is 1.67. The van der Waals surface area contributed by atoms with Crippen molar-refractivity contribution in [2.24, 2.45) is 0 Å². The summed E-state index contributed by atoms with van der Waals surface area (Å²) in [5.74, 6) is 0.723. The standard InChI is InChI=1S/C12H17BrO3/c1-9(14)11-5-4-10(13)8-12(11)16-7-3-6-15-2/h4-5,8-9,14H,3,6-7H2,1-2H3/t9-/m0/s1. The van der Waals surface area contributed by atoms with Gasteiger partial charge in [-0.25, -0.2) is 0 Å². The molecular formula is C12H17BrO3. The van der Waals surface area contributed by atoms with Gasteiger partial charge in [-0.3, -0.25) is 0 Å². The predicted octanol–water partition coefficient (Wildman–Crippen LogP) is 2.92. The number of hydrogen-bond donors (Lipinski definition) is 1. The lowest BCUT2D eigenvalue weighted by molar-refractivity contribution is 0.166. The molecule has 1 atom stereocenters. The summed E-state index contributed by atoms with van der Waals surface area (Å²) < 4.78 is 11.5. The Morgan fingerprint density at radius 2 is 2.12 bits per heavy atom. The Morgan fingerprint density at radius 1 is 1.38 bits per heavy atom. The van der Waals surface area contributed by atoms with Gasteiger partial charge in [0.15, 0.2) is 0 Å². The van der Waals surface area contributed by atoms with Crippen LogP contribution in [-0.2, 0) is 4.74 Å². The van der Waals surface area contributed by atoms with Gasteiger partial charge in [0.05, 0.1) is 12.7 Å². The molecule has 1 rings (SSSR count). The Balaban J connectivity index is 2.65. The molecule has 0 saturated carbocycles. The minimum atomic E-state index is -0.523. The molecule has 90 valence electrons. The highest BCUT2D eigenvalue weighted by Gasteiger charge is 2.09. The third-order valence-corrected chi connectivity index (χ3v) is 2.67. The summed E-state index contributed by atoms with van der Waals surface area (Å²) in [4.78, 5) is 0. The fourth-order valence-electron chi connectivity index (χ4n) is 1.36. The Bertz CT molecular complexity index is 326. The van der Waals surface area contributed by atoms with Crippen molar-refractivity contribution in [3.05, 3.63) is 28.2 Å². The van der Waals surface area contributed by atoms with Crippen LogP contribution < -0.4 is 4.74 Å². The molecule has 1 aromatic rings. The maximum Gasteiger partial charge on any atom is 0.126 e. The van der Waals surface area contributed by atoms with Gasteiger partial charge < -0.3 is 14.6 Å². The molecule has 0 aliphatic carbocycles. The second-order valence-corrected chi connectivity index (χ2v) is 4.47. The summed E-state index contributed by atoms with van der Waals surface area (Å²) in [6.45, 7) is 2.99. The lowest BCUT2D eigenvalue weighted by atomic mass is 10.1. The third kappa shape index (κ3) is 4.12. The largest absolute Gasteiger partial charge is 0.493 e. The van der Waals surface area contributed by atoms with Gasteiger partial charge in [0.25, 0.3) is 0 Å². The van der Waals surface area contributed by atoms with Crippen LogP contribution in [0.3, 0.4) is 0 Å². The highest BCUT2D eigenvalue weighted by atomic mass is 79.9. The zero-order valence-corrected chi connectivity index (χ0v) is 11.2. The highest BCUT2D eigenvalue weighted by Crippen LogP contribution is 2.28. The van der Waals surface area contributed by atoms with E-state index in [1.165, 1.54) is 0 Å². The van der Waals surface area contributed by atoms with Crippen LogP contribution in [0.5, 0.6) is 5.75 Å². The Hall–Kier alpha value is -0.580. The molecule has 0 fully saturated rings. The monoisotopic (exact) mass is 288 g/mol. The quantitative estimate of drug-likeness (QED) is 0.818. The van der Waals surface area contributed by atoms with Crippen LogP contribution in [0.1, 0.15) is 25.0 Å². The average molecular weight is 289 g/mol. The van der Waals surface area contributed by atoms with Crippen molar-refractivity contribution in [1.29, 1.82) is 0 Å². The molecule has 0 aromatic heterocycles. The van der Waals surface area contributed by atoms with Crippen LogP contribution in [0, 0.1) is 0 Å². The van der Waals surface area contributed by atoms with Crippen molar-refractivity contribution >= 4 is 15.9 Å². The van der Waals surface area contributed by atoms with E-state index in [-0.39, 0.29) is 0 Å². The summed E-state index contributed by atoms with van der Waals surface area (Å²) in [5.41, 5.74) is 0.806. The molecule has 0 amide bonds. The molecule has 0 bridgehead atoms. The normalized spacial score (nSPS) is 12.5. The van der Waals surface area contributed by atoms with Crippen molar-refractivity contribution in [2.75, 3.05) is 20.3 Å². The van der Waals surface area contributed by atoms with Crippen molar-refractivity contribution in [1.82, 2.24) is 0 Å². The zero-order valence-electron chi connectivity index (χ0n) is 9.57. The van der Waals surface area contributed by atoms with Gasteiger partial charge in [0.1, 0.15) is 5.75 Å². The number of aliphatic hydroxyl groups excluding tert-OH is 1. The second kappa shape index (κ2) is 6.89. The summed E-state index contributed by atoms with van der Waals surface area (Å²) in [5, 5.41) is 9.58. The molecule has 1 N–H and O–H groups in total. The average Bonchev–Trinajstić information content (AvgIpc) is 2.24. The Morgan fingerprint density at radius 3 is 2.75 bits per heavy atom. The number of methoxy groups -OCH3 is 1. The second-order valence-electron chi connectivity index (χ2n) is 3.55. The molecule has 3 nitrogen and oxygen atoms in total. The van der Waals surface area contributed by atoms with E-state index < -0.39 is 6.10 Å². The van der Waals surface area contributed by atoms with Gasteiger partial charge in [-0.2, -0.15) is 0 Å². The van der Waals surface area contributed by atoms with E-state index in [1.54, 1.807) is 14.0 Å². The Labute approximate surface area is 105 Å². The molecule has 0 spiro atoms. The lowest BCUT2D eigenvalue weighted by Crippen LogP contribution is -2.04. The molecule has 0 aliphatic heterocycles. The van der Waals surface area contributed by atoms with Crippen LogP contribution in [0.25, 0.3) is 0 Å². The lowest BCUT2D eigenvalue weighted by Gasteiger charge is -2.13. The van der Waals surface area contributed by atoms with E-state index in [0.717, 1.165) is 22.2 Å². The van der Waals surface area contributed by atoms with Crippen LogP contribution in [0.15, 0.2) is 22.7 Å². The van der Waals surface area contributed by atoms with E-state index in [9.17, 15) is 5.11 Å². The number of hydrogen-bond acceptors (Lipinski definition) is 3. The van der Waals surface area contributed by atoms with Gasteiger partial charge in [0, 0.05) is 30.2 Å². The van der Waals surface area contributed by atoms with Crippen LogP contribution >= 0.6 is 15.9 Å². The third-order valence-electron chi connectivity index (χ3n) is 2.18. The topological polar surface area (TPSA) is 38.7 Å². The molecule has 1 aromatic carbocycles. The van der Waals surface area contributed by atoms with Gasteiger partial charge in [-0.15, -0.1) is 0 Å². The van der Waals surface area contributed by atoms with Gasteiger partial charge in [-0.1, -0.05) is 22.0 Å². The first-order chi connectivity index (χ1) is 7.65. The minimum Gasteiger partial charge on any atom is -0.493 e. The maximum absolute atomic E-state index is 9.58. The number of aliphatic hydroxyl groups is 1. The molecule has 0 unspecified atom stereocenters. The van der Waals surface area contributed by atoms with Gasteiger partial charge in [0.2, 0.25) is 0 Å². The van der Waals surface area contributed by atoms with E-state index in [0.29, 0.717) is 13.2 Å². The van der Waals surface area contributed by atoms with E-state index >= 15 is 0 Å². The summed E-state index contributed by atoms with van der Waals surface area (Å²) >= 11 is 3.38.